The average molecular weight is 301 g/mol. The molecule has 0 saturated heterocycles. The van der Waals surface area contributed by atoms with Crippen LogP contribution in [0.2, 0.25) is 0 Å². The lowest BCUT2D eigenvalue weighted by atomic mass is 9.80. The SMILES string of the molecule is Nc1ncc(CNC2CCCCC2Cc2ccccc2)s1. The Hall–Kier alpha value is -1.39. The van der Waals surface area contributed by atoms with Crippen molar-refractivity contribution in [2.75, 3.05) is 5.73 Å². The van der Waals surface area contributed by atoms with Crippen molar-refractivity contribution in [1.82, 2.24) is 10.3 Å². The molecule has 0 radical (unpaired) electrons. The summed E-state index contributed by atoms with van der Waals surface area (Å²) >= 11 is 1.59. The van der Waals surface area contributed by atoms with Crippen molar-refractivity contribution < 1.29 is 0 Å². The van der Waals surface area contributed by atoms with Crippen LogP contribution in [-0.2, 0) is 13.0 Å². The molecule has 3 rings (SSSR count). The second-order valence-corrected chi connectivity index (χ2v) is 7.03. The molecular weight excluding hydrogens is 278 g/mol. The Balaban J connectivity index is 1.58. The van der Waals surface area contributed by atoms with Crippen molar-refractivity contribution in [2.24, 2.45) is 5.92 Å². The van der Waals surface area contributed by atoms with Gasteiger partial charge >= 0.3 is 0 Å². The zero-order valence-electron chi connectivity index (χ0n) is 12.3. The highest BCUT2D eigenvalue weighted by molar-refractivity contribution is 7.15. The molecule has 0 aliphatic heterocycles. The highest BCUT2D eigenvalue weighted by Crippen LogP contribution is 2.28. The molecule has 1 fully saturated rings. The Kier molecular flexibility index (Phi) is 4.88. The average Bonchev–Trinajstić information content (AvgIpc) is 2.93. The van der Waals surface area contributed by atoms with Crippen molar-refractivity contribution in [1.29, 1.82) is 0 Å². The van der Waals surface area contributed by atoms with E-state index in [9.17, 15) is 0 Å². The molecule has 1 saturated carbocycles. The Morgan fingerprint density at radius 2 is 2.00 bits per heavy atom. The van der Waals surface area contributed by atoms with Crippen LogP contribution in [0.5, 0.6) is 0 Å². The van der Waals surface area contributed by atoms with Gasteiger partial charge in [-0.1, -0.05) is 43.2 Å². The minimum Gasteiger partial charge on any atom is -0.375 e. The summed E-state index contributed by atoms with van der Waals surface area (Å²) in [5, 5.41) is 4.40. The third-order valence-corrected chi connectivity index (χ3v) is 5.19. The van der Waals surface area contributed by atoms with Crippen molar-refractivity contribution in [3.05, 3.63) is 47.0 Å². The van der Waals surface area contributed by atoms with E-state index < -0.39 is 0 Å². The lowest BCUT2D eigenvalue weighted by Crippen LogP contribution is -2.39. The Labute approximate surface area is 130 Å². The van der Waals surface area contributed by atoms with Gasteiger partial charge in [0.15, 0.2) is 5.13 Å². The highest BCUT2D eigenvalue weighted by atomic mass is 32.1. The van der Waals surface area contributed by atoms with E-state index in [1.165, 1.54) is 42.5 Å². The van der Waals surface area contributed by atoms with Gasteiger partial charge in [0.25, 0.3) is 0 Å². The van der Waals surface area contributed by atoms with Gasteiger partial charge in [-0.05, 0) is 30.7 Å². The van der Waals surface area contributed by atoms with Crippen LogP contribution in [0.4, 0.5) is 5.13 Å². The summed E-state index contributed by atoms with van der Waals surface area (Å²) in [4.78, 5) is 5.36. The number of benzene rings is 1. The number of nitrogens with one attached hydrogen (secondary N) is 1. The van der Waals surface area contributed by atoms with Crippen molar-refractivity contribution in [2.45, 2.75) is 44.7 Å². The van der Waals surface area contributed by atoms with Crippen LogP contribution in [0.3, 0.4) is 0 Å². The van der Waals surface area contributed by atoms with Crippen LogP contribution in [-0.4, -0.2) is 11.0 Å². The van der Waals surface area contributed by atoms with Gasteiger partial charge in [-0.3, -0.25) is 0 Å². The number of anilines is 1. The van der Waals surface area contributed by atoms with E-state index >= 15 is 0 Å². The van der Waals surface area contributed by atoms with E-state index in [1.807, 2.05) is 6.20 Å². The number of thiazole rings is 1. The molecule has 1 aliphatic carbocycles. The highest BCUT2D eigenvalue weighted by Gasteiger charge is 2.24. The van der Waals surface area contributed by atoms with Gasteiger partial charge in [-0.2, -0.15) is 0 Å². The lowest BCUT2D eigenvalue weighted by molar-refractivity contribution is 0.260. The lowest BCUT2D eigenvalue weighted by Gasteiger charge is -2.32. The smallest absolute Gasteiger partial charge is 0.180 e. The number of hydrogen-bond acceptors (Lipinski definition) is 4. The first-order chi connectivity index (χ1) is 10.3. The maximum atomic E-state index is 5.70. The zero-order chi connectivity index (χ0) is 14.5. The molecule has 0 bridgehead atoms. The maximum Gasteiger partial charge on any atom is 0.180 e. The van der Waals surface area contributed by atoms with Gasteiger partial charge in [0.1, 0.15) is 0 Å². The molecule has 4 heteroatoms. The molecule has 2 aromatic rings. The molecule has 2 atom stereocenters. The van der Waals surface area contributed by atoms with E-state index in [0.717, 1.165) is 12.5 Å². The van der Waals surface area contributed by atoms with Gasteiger partial charge in [0.2, 0.25) is 0 Å². The van der Waals surface area contributed by atoms with Gasteiger partial charge in [0, 0.05) is 23.7 Å². The van der Waals surface area contributed by atoms with E-state index in [2.05, 4.69) is 40.6 Å². The minimum absolute atomic E-state index is 0.613. The first-order valence-electron chi connectivity index (χ1n) is 7.79. The third kappa shape index (κ3) is 4.05. The molecule has 3 nitrogen and oxygen atoms in total. The Morgan fingerprint density at radius 3 is 2.76 bits per heavy atom. The van der Waals surface area contributed by atoms with E-state index in [1.54, 1.807) is 11.3 Å². The van der Waals surface area contributed by atoms with Crippen molar-refractivity contribution >= 4 is 16.5 Å². The van der Waals surface area contributed by atoms with Crippen LogP contribution < -0.4 is 11.1 Å². The maximum absolute atomic E-state index is 5.70. The monoisotopic (exact) mass is 301 g/mol. The van der Waals surface area contributed by atoms with Crippen molar-refractivity contribution in [3.63, 3.8) is 0 Å². The third-order valence-electron chi connectivity index (χ3n) is 4.36. The number of nitrogens with two attached hydrogens (primary N) is 1. The summed E-state index contributed by atoms with van der Waals surface area (Å²) in [7, 11) is 0. The first kappa shape index (κ1) is 14.5. The predicted molar refractivity (Wildman–Crippen MR) is 89.3 cm³/mol. The van der Waals surface area contributed by atoms with Crippen molar-refractivity contribution in [3.8, 4) is 0 Å². The number of aromatic nitrogens is 1. The first-order valence-corrected chi connectivity index (χ1v) is 8.60. The zero-order valence-corrected chi connectivity index (χ0v) is 13.1. The van der Waals surface area contributed by atoms with E-state index in [0.29, 0.717) is 11.2 Å². The number of hydrogen-bond donors (Lipinski definition) is 2. The summed E-state index contributed by atoms with van der Waals surface area (Å²) in [6.07, 6.45) is 8.39. The van der Waals surface area contributed by atoms with E-state index in [4.69, 9.17) is 5.73 Å². The molecular formula is C17H23N3S. The standard InChI is InChI=1S/C17H23N3S/c18-17-20-12-15(21-17)11-19-16-9-5-4-8-14(16)10-13-6-2-1-3-7-13/h1-3,6-7,12,14,16,19H,4-5,8-11H2,(H2,18,20). The second kappa shape index (κ2) is 7.05. The normalized spacial score (nSPS) is 22.3. The quantitative estimate of drug-likeness (QED) is 0.887. The Bertz CT molecular complexity index is 552. The fourth-order valence-electron chi connectivity index (χ4n) is 3.27. The van der Waals surface area contributed by atoms with Gasteiger partial charge in [-0.25, -0.2) is 4.98 Å². The number of nitrogen functional groups attached to an aromatic ring is 1. The molecule has 0 amide bonds. The fraction of sp³-hybridized carbons (Fsp3) is 0.471. The van der Waals surface area contributed by atoms with Crippen LogP contribution in [0.1, 0.15) is 36.1 Å². The number of rotatable bonds is 5. The summed E-state index contributed by atoms with van der Waals surface area (Å²) in [5.74, 6) is 0.742. The summed E-state index contributed by atoms with van der Waals surface area (Å²) in [6, 6.07) is 11.5. The molecule has 21 heavy (non-hydrogen) atoms. The molecule has 2 unspecified atom stereocenters. The summed E-state index contributed by atoms with van der Waals surface area (Å²) in [6.45, 7) is 0.894. The largest absolute Gasteiger partial charge is 0.375 e. The van der Waals surface area contributed by atoms with Crippen LogP contribution >= 0.6 is 11.3 Å². The topological polar surface area (TPSA) is 50.9 Å². The predicted octanol–water partition coefficient (Wildman–Crippen LogP) is 3.62. The fourth-order valence-corrected chi connectivity index (χ4v) is 3.91. The van der Waals surface area contributed by atoms with Gasteiger partial charge in [0.05, 0.1) is 0 Å². The van der Waals surface area contributed by atoms with E-state index in [-0.39, 0.29) is 0 Å². The van der Waals surface area contributed by atoms with Gasteiger partial charge in [-0.15, -0.1) is 11.3 Å². The molecule has 1 aromatic carbocycles. The molecule has 112 valence electrons. The molecule has 1 heterocycles. The summed E-state index contributed by atoms with van der Waals surface area (Å²) < 4.78 is 0. The molecule has 1 aromatic heterocycles. The van der Waals surface area contributed by atoms with Crippen LogP contribution in [0.25, 0.3) is 0 Å². The van der Waals surface area contributed by atoms with Gasteiger partial charge < -0.3 is 11.1 Å². The molecule has 0 spiro atoms. The molecule has 1 aliphatic rings. The molecule has 3 N–H and O–H groups in total. The minimum atomic E-state index is 0.613. The second-order valence-electron chi connectivity index (χ2n) is 5.89. The number of nitrogens with zero attached hydrogens (tertiary/aromatic N) is 1. The van der Waals surface area contributed by atoms with Crippen LogP contribution in [0.15, 0.2) is 36.5 Å². The summed E-state index contributed by atoms with van der Waals surface area (Å²) in [5.41, 5.74) is 7.15. The van der Waals surface area contributed by atoms with Crippen LogP contribution in [0, 0.1) is 5.92 Å². The Morgan fingerprint density at radius 1 is 1.19 bits per heavy atom.